The van der Waals surface area contributed by atoms with Crippen LogP contribution >= 0.6 is 0 Å². The van der Waals surface area contributed by atoms with E-state index in [9.17, 15) is 0 Å². The van der Waals surface area contributed by atoms with E-state index in [0.717, 1.165) is 31.6 Å². The molecule has 0 radical (unpaired) electrons. The van der Waals surface area contributed by atoms with Gasteiger partial charge in [0.25, 0.3) is 0 Å². The fourth-order valence-electron chi connectivity index (χ4n) is 2.98. The predicted molar refractivity (Wildman–Crippen MR) is 77.1 cm³/mol. The average Bonchev–Trinajstić information content (AvgIpc) is 2.80. The summed E-state index contributed by atoms with van der Waals surface area (Å²) in [5.41, 5.74) is 0.874. The summed E-state index contributed by atoms with van der Waals surface area (Å²) in [5.74, 6) is 0. The normalized spacial score (nSPS) is 24.8. The molecular weight excluding hydrogens is 238 g/mol. The van der Waals surface area contributed by atoms with Gasteiger partial charge >= 0.3 is 0 Å². The van der Waals surface area contributed by atoms with Crippen LogP contribution in [0, 0.1) is 0 Å². The van der Waals surface area contributed by atoms with Crippen molar-refractivity contribution >= 4 is 0 Å². The lowest BCUT2D eigenvalue weighted by Crippen LogP contribution is -2.31. The molecule has 1 aliphatic heterocycles. The van der Waals surface area contributed by atoms with E-state index in [1.807, 2.05) is 0 Å². The minimum atomic E-state index is -0.163. The van der Waals surface area contributed by atoms with Gasteiger partial charge in [-0.05, 0) is 46.7 Å². The SMILES string of the molecule is CCCNCc1ccn(C2CC(C)(C)OC2(C)C)n1. The Morgan fingerprint density at radius 2 is 2.16 bits per heavy atom. The van der Waals surface area contributed by atoms with Crippen molar-refractivity contribution in [3.8, 4) is 0 Å². The van der Waals surface area contributed by atoms with Gasteiger partial charge in [-0.1, -0.05) is 6.92 Å². The van der Waals surface area contributed by atoms with E-state index in [-0.39, 0.29) is 11.2 Å². The third kappa shape index (κ3) is 3.37. The highest BCUT2D eigenvalue weighted by atomic mass is 16.5. The number of ether oxygens (including phenoxy) is 1. The van der Waals surface area contributed by atoms with Gasteiger partial charge in [-0.25, -0.2) is 0 Å². The molecule has 0 spiro atoms. The van der Waals surface area contributed by atoms with E-state index in [2.05, 4.69) is 56.9 Å². The second kappa shape index (κ2) is 5.25. The standard InChI is InChI=1S/C15H27N3O/c1-6-8-16-11-12-7-9-18(17-12)13-10-14(2,3)19-15(13,4)5/h7,9,13,16H,6,8,10-11H2,1-5H3. The highest BCUT2D eigenvalue weighted by Crippen LogP contribution is 2.44. The molecule has 19 heavy (non-hydrogen) atoms. The molecule has 4 heteroatoms. The van der Waals surface area contributed by atoms with Gasteiger partial charge in [0.05, 0.1) is 22.9 Å². The lowest BCUT2D eigenvalue weighted by molar-refractivity contribution is -0.0737. The lowest BCUT2D eigenvalue weighted by atomic mass is 9.95. The first kappa shape index (κ1) is 14.5. The van der Waals surface area contributed by atoms with Crippen LogP contribution in [0.4, 0.5) is 0 Å². The van der Waals surface area contributed by atoms with E-state index in [4.69, 9.17) is 9.84 Å². The molecule has 0 saturated carbocycles. The van der Waals surface area contributed by atoms with E-state index < -0.39 is 0 Å². The first-order chi connectivity index (χ1) is 8.84. The summed E-state index contributed by atoms with van der Waals surface area (Å²) in [6, 6.07) is 2.41. The van der Waals surface area contributed by atoms with Crippen molar-refractivity contribution in [2.75, 3.05) is 6.54 Å². The van der Waals surface area contributed by atoms with E-state index in [0.29, 0.717) is 6.04 Å². The summed E-state index contributed by atoms with van der Waals surface area (Å²) in [5, 5.41) is 8.08. The molecule has 0 amide bonds. The molecule has 1 saturated heterocycles. The van der Waals surface area contributed by atoms with Crippen molar-refractivity contribution in [1.29, 1.82) is 0 Å². The smallest absolute Gasteiger partial charge is 0.0857 e. The van der Waals surface area contributed by atoms with Crippen molar-refractivity contribution in [2.24, 2.45) is 0 Å². The minimum Gasteiger partial charge on any atom is -0.367 e. The maximum Gasteiger partial charge on any atom is 0.0857 e. The molecule has 1 aliphatic rings. The van der Waals surface area contributed by atoms with Gasteiger partial charge < -0.3 is 10.1 Å². The van der Waals surface area contributed by atoms with Crippen LogP contribution in [0.1, 0.15) is 59.2 Å². The van der Waals surface area contributed by atoms with Gasteiger partial charge in [0.1, 0.15) is 0 Å². The van der Waals surface area contributed by atoms with Crippen molar-refractivity contribution in [1.82, 2.24) is 15.1 Å². The number of aromatic nitrogens is 2. The molecule has 1 N–H and O–H groups in total. The highest BCUT2D eigenvalue weighted by Gasteiger charge is 2.47. The Morgan fingerprint density at radius 1 is 1.42 bits per heavy atom. The molecule has 1 fully saturated rings. The molecule has 1 atom stereocenters. The highest BCUT2D eigenvalue weighted by molar-refractivity contribution is 5.04. The molecular formula is C15H27N3O. The number of nitrogens with one attached hydrogen (secondary N) is 1. The average molecular weight is 265 g/mol. The van der Waals surface area contributed by atoms with Gasteiger partial charge in [-0.2, -0.15) is 5.10 Å². The third-order valence-electron chi connectivity index (χ3n) is 3.74. The number of hydrogen-bond donors (Lipinski definition) is 1. The summed E-state index contributed by atoms with van der Waals surface area (Å²) in [6.07, 6.45) is 4.24. The van der Waals surface area contributed by atoms with E-state index >= 15 is 0 Å². The number of rotatable bonds is 5. The van der Waals surface area contributed by atoms with E-state index in [1.165, 1.54) is 0 Å². The maximum atomic E-state index is 6.13. The monoisotopic (exact) mass is 265 g/mol. The van der Waals surface area contributed by atoms with Crippen LogP contribution < -0.4 is 5.32 Å². The molecule has 0 bridgehead atoms. The summed E-state index contributed by atoms with van der Waals surface area (Å²) in [6.45, 7) is 12.7. The Labute approximate surface area is 116 Å². The Kier molecular flexibility index (Phi) is 4.02. The van der Waals surface area contributed by atoms with Crippen LogP contribution in [-0.4, -0.2) is 27.5 Å². The summed E-state index contributed by atoms with van der Waals surface area (Å²) >= 11 is 0. The van der Waals surface area contributed by atoms with Crippen molar-refractivity contribution in [2.45, 2.75) is 71.2 Å². The van der Waals surface area contributed by atoms with Crippen LogP contribution in [0.2, 0.25) is 0 Å². The molecule has 2 heterocycles. The molecule has 0 aliphatic carbocycles. The summed E-state index contributed by atoms with van der Waals surface area (Å²) < 4.78 is 8.22. The lowest BCUT2D eigenvalue weighted by Gasteiger charge is -2.27. The molecule has 0 aromatic carbocycles. The van der Waals surface area contributed by atoms with Gasteiger partial charge in [0.2, 0.25) is 0 Å². The first-order valence-electron chi connectivity index (χ1n) is 7.29. The second-order valence-corrected chi connectivity index (χ2v) is 6.65. The molecule has 1 aromatic heterocycles. The molecule has 1 aromatic rings. The number of nitrogens with zero attached hydrogens (tertiary/aromatic N) is 2. The van der Waals surface area contributed by atoms with E-state index in [1.54, 1.807) is 0 Å². The zero-order chi connectivity index (χ0) is 14.1. The van der Waals surface area contributed by atoms with Gasteiger partial charge in [0.15, 0.2) is 0 Å². The Hall–Kier alpha value is -0.870. The largest absolute Gasteiger partial charge is 0.367 e. The summed E-state index contributed by atoms with van der Waals surface area (Å²) in [7, 11) is 0. The molecule has 4 nitrogen and oxygen atoms in total. The van der Waals surface area contributed by atoms with Gasteiger partial charge in [0, 0.05) is 19.2 Å². The number of hydrogen-bond acceptors (Lipinski definition) is 3. The first-order valence-corrected chi connectivity index (χ1v) is 7.29. The zero-order valence-corrected chi connectivity index (χ0v) is 12.9. The molecule has 108 valence electrons. The quantitative estimate of drug-likeness (QED) is 0.832. The Morgan fingerprint density at radius 3 is 2.74 bits per heavy atom. The van der Waals surface area contributed by atoms with Crippen molar-refractivity contribution in [3.05, 3.63) is 18.0 Å². The minimum absolute atomic E-state index is 0.0687. The fraction of sp³-hybridized carbons (Fsp3) is 0.800. The fourth-order valence-corrected chi connectivity index (χ4v) is 2.98. The van der Waals surface area contributed by atoms with Crippen LogP contribution in [0.25, 0.3) is 0 Å². The Balaban J connectivity index is 2.06. The van der Waals surface area contributed by atoms with Gasteiger partial charge in [-0.3, -0.25) is 4.68 Å². The molecule has 2 rings (SSSR count). The van der Waals surface area contributed by atoms with Crippen molar-refractivity contribution < 1.29 is 4.74 Å². The van der Waals surface area contributed by atoms with Crippen LogP contribution in [0.5, 0.6) is 0 Å². The maximum absolute atomic E-state index is 6.13. The Bertz CT molecular complexity index is 423. The van der Waals surface area contributed by atoms with Crippen molar-refractivity contribution in [3.63, 3.8) is 0 Å². The van der Waals surface area contributed by atoms with Gasteiger partial charge in [-0.15, -0.1) is 0 Å². The summed E-state index contributed by atoms with van der Waals surface area (Å²) in [4.78, 5) is 0. The van der Waals surface area contributed by atoms with Crippen LogP contribution in [-0.2, 0) is 11.3 Å². The van der Waals surface area contributed by atoms with Crippen LogP contribution in [0.3, 0.4) is 0 Å². The topological polar surface area (TPSA) is 39.1 Å². The van der Waals surface area contributed by atoms with Crippen LogP contribution in [0.15, 0.2) is 12.3 Å². The zero-order valence-electron chi connectivity index (χ0n) is 12.9. The third-order valence-corrected chi connectivity index (χ3v) is 3.74. The molecule has 1 unspecified atom stereocenters. The second-order valence-electron chi connectivity index (χ2n) is 6.65. The predicted octanol–water partition coefficient (Wildman–Crippen LogP) is 2.90.